The first-order chi connectivity index (χ1) is 10.6. The van der Waals surface area contributed by atoms with Gasteiger partial charge in [-0.15, -0.1) is 5.10 Å². The summed E-state index contributed by atoms with van der Waals surface area (Å²) in [5, 5.41) is 11.8. The number of halogens is 1. The molecule has 2 heterocycles. The number of rotatable bonds is 4. The van der Waals surface area contributed by atoms with E-state index >= 15 is 0 Å². The Bertz CT molecular complexity index is 603. The summed E-state index contributed by atoms with van der Waals surface area (Å²) in [6, 6.07) is 8.84. The molecule has 0 saturated carbocycles. The van der Waals surface area contributed by atoms with Crippen molar-refractivity contribution < 1.29 is 0 Å². The number of benzene rings is 1. The van der Waals surface area contributed by atoms with E-state index in [1.54, 1.807) is 4.68 Å². The third kappa shape index (κ3) is 3.53. The number of hydrogen-bond donors (Lipinski definition) is 0. The van der Waals surface area contributed by atoms with Gasteiger partial charge in [-0.1, -0.05) is 28.1 Å². The zero-order chi connectivity index (χ0) is 15.5. The van der Waals surface area contributed by atoms with E-state index < -0.39 is 0 Å². The van der Waals surface area contributed by atoms with E-state index in [0.717, 1.165) is 43.0 Å². The molecule has 7 heteroatoms. The highest BCUT2D eigenvalue weighted by atomic mass is 79.9. The van der Waals surface area contributed by atoms with Gasteiger partial charge in [0.05, 0.1) is 6.04 Å². The summed E-state index contributed by atoms with van der Waals surface area (Å²) >= 11 is 3.48. The fourth-order valence-corrected chi connectivity index (χ4v) is 3.17. The zero-order valence-corrected chi connectivity index (χ0v) is 14.6. The summed E-state index contributed by atoms with van der Waals surface area (Å²) in [7, 11) is 1.90. The molecule has 118 valence electrons. The number of tetrazole rings is 1. The molecule has 0 aliphatic carbocycles. The molecule has 0 spiro atoms. The number of piperazine rings is 1. The molecule has 1 aliphatic rings. The number of aromatic nitrogens is 4. The quantitative estimate of drug-likeness (QED) is 0.828. The van der Waals surface area contributed by atoms with Crippen molar-refractivity contribution >= 4 is 15.9 Å². The molecule has 1 aliphatic heterocycles. The Morgan fingerprint density at radius 1 is 1.14 bits per heavy atom. The molecule has 0 amide bonds. The Labute approximate surface area is 139 Å². The maximum atomic E-state index is 4.13. The maximum absolute atomic E-state index is 4.13. The van der Waals surface area contributed by atoms with Crippen molar-refractivity contribution in [2.75, 3.05) is 26.2 Å². The van der Waals surface area contributed by atoms with Crippen molar-refractivity contribution in [3.63, 3.8) is 0 Å². The Balaban J connectivity index is 1.54. The first-order valence-electron chi connectivity index (χ1n) is 7.56. The van der Waals surface area contributed by atoms with E-state index in [-0.39, 0.29) is 6.04 Å². The van der Waals surface area contributed by atoms with Gasteiger partial charge in [0.2, 0.25) is 0 Å². The van der Waals surface area contributed by atoms with Crippen LogP contribution >= 0.6 is 15.9 Å². The highest BCUT2D eigenvalue weighted by Crippen LogP contribution is 2.19. The third-order valence-corrected chi connectivity index (χ3v) is 4.83. The summed E-state index contributed by atoms with van der Waals surface area (Å²) in [6.45, 7) is 7.43. The van der Waals surface area contributed by atoms with Crippen LogP contribution < -0.4 is 0 Å². The normalized spacial score (nSPS) is 18.5. The Kier molecular flexibility index (Phi) is 4.85. The first-order valence-corrected chi connectivity index (χ1v) is 8.36. The lowest BCUT2D eigenvalue weighted by molar-refractivity contribution is 0.0933. The largest absolute Gasteiger partial charge is 0.297 e. The zero-order valence-electron chi connectivity index (χ0n) is 13.0. The summed E-state index contributed by atoms with van der Waals surface area (Å²) in [5.74, 6) is 0.932. The summed E-state index contributed by atoms with van der Waals surface area (Å²) in [4.78, 5) is 4.95. The molecular formula is C15H21BrN6. The predicted octanol–water partition coefficient (Wildman–Crippen LogP) is 1.85. The second kappa shape index (κ2) is 6.85. The van der Waals surface area contributed by atoms with Crippen molar-refractivity contribution in [3.05, 3.63) is 40.1 Å². The van der Waals surface area contributed by atoms with Gasteiger partial charge < -0.3 is 0 Å². The van der Waals surface area contributed by atoms with Gasteiger partial charge in [-0.2, -0.15) is 0 Å². The van der Waals surface area contributed by atoms with Crippen molar-refractivity contribution in [2.45, 2.75) is 19.5 Å². The highest BCUT2D eigenvalue weighted by molar-refractivity contribution is 9.10. The van der Waals surface area contributed by atoms with Crippen molar-refractivity contribution in [3.8, 4) is 0 Å². The molecule has 22 heavy (non-hydrogen) atoms. The van der Waals surface area contributed by atoms with Crippen molar-refractivity contribution in [1.82, 2.24) is 30.0 Å². The minimum absolute atomic E-state index is 0.259. The summed E-state index contributed by atoms with van der Waals surface area (Å²) in [5.41, 5.74) is 1.36. The van der Waals surface area contributed by atoms with Gasteiger partial charge in [0, 0.05) is 44.2 Å². The average molecular weight is 365 g/mol. The minimum Gasteiger partial charge on any atom is -0.297 e. The van der Waals surface area contributed by atoms with E-state index in [4.69, 9.17) is 0 Å². The van der Waals surface area contributed by atoms with Crippen LogP contribution in [0.25, 0.3) is 0 Å². The molecule has 3 rings (SSSR count). The maximum Gasteiger partial charge on any atom is 0.167 e. The minimum atomic E-state index is 0.259. The van der Waals surface area contributed by atoms with Gasteiger partial charge in [0.15, 0.2) is 5.82 Å². The van der Waals surface area contributed by atoms with Crippen molar-refractivity contribution in [1.29, 1.82) is 0 Å². The average Bonchev–Trinajstić information content (AvgIpc) is 2.96. The van der Waals surface area contributed by atoms with E-state index in [1.807, 2.05) is 7.05 Å². The van der Waals surface area contributed by atoms with Gasteiger partial charge in [-0.3, -0.25) is 9.80 Å². The van der Waals surface area contributed by atoms with Crippen LogP contribution in [0.5, 0.6) is 0 Å². The van der Waals surface area contributed by atoms with Crippen LogP contribution in [0.1, 0.15) is 24.4 Å². The molecule has 2 aromatic rings. The van der Waals surface area contributed by atoms with Gasteiger partial charge in [0.1, 0.15) is 0 Å². The summed E-state index contributed by atoms with van der Waals surface area (Å²) < 4.78 is 2.89. The van der Waals surface area contributed by atoms with E-state index in [0.29, 0.717) is 0 Å². The van der Waals surface area contributed by atoms with Crippen molar-refractivity contribution in [2.24, 2.45) is 7.05 Å². The predicted molar refractivity (Wildman–Crippen MR) is 88.2 cm³/mol. The monoisotopic (exact) mass is 364 g/mol. The van der Waals surface area contributed by atoms with Gasteiger partial charge in [-0.25, -0.2) is 4.68 Å². The molecule has 0 radical (unpaired) electrons. The molecular weight excluding hydrogens is 344 g/mol. The van der Waals surface area contributed by atoms with Crippen LogP contribution in [-0.2, 0) is 13.6 Å². The second-order valence-electron chi connectivity index (χ2n) is 5.78. The van der Waals surface area contributed by atoms with Crippen LogP contribution in [0.2, 0.25) is 0 Å². The number of aryl methyl sites for hydroxylation is 1. The van der Waals surface area contributed by atoms with E-state index in [2.05, 4.69) is 72.4 Å². The lowest BCUT2D eigenvalue weighted by Gasteiger charge is -2.37. The number of hydrogen-bond acceptors (Lipinski definition) is 5. The van der Waals surface area contributed by atoms with Gasteiger partial charge in [0.25, 0.3) is 0 Å². The standard InChI is InChI=1S/C15H21BrN6/c1-12(15-17-18-19-20(15)2)22-9-7-21(8-10-22)11-13-3-5-14(16)6-4-13/h3-6,12H,7-11H2,1-2H3. The van der Waals surface area contributed by atoms with E-state index in [9.17, 15) is 0 Å². The molecule has 1 unspecified atom stereocenters. The summed E-state index contributed by atoms with van der Waals surface area (Å²) in [6.07, 6.45) is 0. The van der Waals surface area contributed by atoms with Gasteiger partial charge in [-0.05, 0) is 35.0 Å². The van der Waals surface area contributed by atoms with Gasteiger partial charge >= 0.3 is 0 Å². The third-order valence-electron chi connectivity index (χ3n) is 4.30. The first kappa shape index (κ1) is 15.6. The molecule has 0 bridgehead atoms. The molecule has 1 aromatic heterocycles. The number of nitrogens with zero attached hydrogens (tertiary/aromatic N) is 6. The SMILES string of the molecule is CC(c1nnnn1C)N1CCN(Cc2ccc(Br)cc2)CC1. The second-order valence-corrected chi connectivity index (χ2v) is 6.69. The molecule has 0 N–H and O–H groups in total. The van der Waals surface area contributed by atoms with Crippen LogP contribution in [0.15, 0.2) is 28.7 Å². The Morgan fingerprint density at radius 2 is 1.82 bits per heavy atom. The molecule has 1 atom stereocenters. The molecule has 1 saturated heterocycles. The fourth-order valence-electron chi connectivity index (χ4n) is 2.91. The molecule has 6 nitrogen and oxygen atoms in total. The Morgan fingerprint density at radius 3 is 2.41 bits per heavy atom. The lowest BCUT2D eigenvalue weighted by atomic mass is 10.1. The van der Waals surface area contributed by atoms with Crippen LogP contribution in [0, 0.1) is 0 Å². The lowest BCUT2D eigenvalue weighted by Crippen LogP contribution is -2.47. The van der Waals surface area contributed by atoms with E-state index in [1.165, 1.54) is 5.56 Å². The molecule has 1 fully saturated rings. The van der Waals surface area contributed by atoms with Crippen LogP contribution in [0.3, 0.4) is 0 Å². The van der Waals surface area contributed by atoms with Crippen LogP contribution in [-0.4, -0.2) is 56.2 Å². The smallest absolute Gasteiger partial charge is 0.167 e. The molecule has 1 aromatic carbocycles. The Hall–Kier alpha value is -1.31. The van der Waals surface area contributed by atoms with Crippen LogP contribution in [0.4, 0.5) is 0 Å². The fraction of sp³-hybridized carbons (Fsp3) is 0.533. The topological polar surface area (TPSA) is 50.1 Å². The highest BCUT2D eigenvalue weighted by Gasteiger charge is 2.24.